The Morgan fingerprint density at radius 2 is 2.08 bits per heavy atom. The van der Waals surface area contributed by atoms with Crippen molar-refractivity contribution in [3.63, 3.8) is 0 Å². The standard InChI is InChI=1S/C16H21N3O5S/c20-16(21)15(9-14-10-17-12-18-14)19-25(22,23)8-4-7-24-11-13-5-2-1-3-6-13/h1-3,5-6,10,12,15,19H,4,7-9,11H2,(H,17,18)(H,20,21)/t15-/m0/s1. The first kappa shape index (κ1) is 19.1. The van der Waals surface area contributed by atoms with Gasteiger partial charge in [-0.3, -0.25) is 4.79 Å². The number of imidazole rings is 1. The van der Waals surface area contributed by atoms with Crippen LogP contribution in [0.25, 0.3) is 0 Å². The number of aromatic amines is 1. The van der Waals surface area contributed by atoms with Crippen molar-refractivity contribution in [2.75, 3.05) is 12.4 Å². The zero-order valence-electron chi connectivity index (χ0n) is 13.6. The van der Waals surface area contributed by atoms with Crippen LogP contribution in [0.4, 0.5) is 0 Å². The summed E-state index contributed by atoms with van der Waals surface area (Å²) >= 11 is 0. The smallest absolute Gasteiger partial charge is 0.322 e. The van der Waals surface area contributed by atoms with Gasteiger partial charge in [-0.25, -0.2) is 18.1 Å². The molecule has 2 aromatic rings. The largest absolute Gasteiger partial charge is 0.480 e. The fraction of sp³-hybridized carbons (Fsp3) is 0.375. The number of hydrogen-bond donors (Lipinski definition) is 3. The van der Waals surface area contributed by atoms with Crippen LogP contribution < -0.4 is 4.72 Å². The molecule has 0 unspecified atom stereocenters. The lowest BCUT2D eigenvalue weighted by Crippen LogP contribution is -2.43. The number of H-pyrrole nitrogens is 1. The predicted molar refractivity (Wildman–Crippen MR) is 91.4 cm³/mol. The van der Waals surface area contributed by atoms with Crippen LogP contribution in [0.1, 0.15) is 17.7 Å². The maximum absolute atomic E-state index is 12.1. The van der Waals surface area contributed by atoms with E-state index in [1.807, 2.05) is 30.3 Å². The van der Waals surface area contributed by atoms with Gasteiger partial charge in [-0.1, -0.05) is 30.3 Å². The third kappa shape index (κ3) is 7.04. The Balaban J connectivity index is 1.74. The molecule has 25 heavy (non-hydrogen) atoms. The molecular weight excluding hydrogens is 346 g/mol. The summed E-state index contributed by atoms with van der Waals surface area (Å²) in [7, 11) is -3.72. The van der Waals surface area contributed by atoms with Crippen LogP contribution in [0.3, 0.4) is 0 Å². The Hall–Kier alpha value is -2.23. The van der Waals surface area contributed by atoms with Gasteiger partial charge in [-0.15, -0.1) is 0 Å². The van der Waals surface area contributed by atoms with E-state index in [2.05, 4.69) is 14.7 Å². The number of hydrogen-bond acceptors (Lipinski definition) is 5. The molecule has 0 aliphatic rings. The second-order valence-corrected chi connectivity index (χ2v) is 7.37. The molecule has 3 N–H and O–H groups in total. The number of carboxylic acid groups (broad SMARTS) is 1. The van der Waals surface area contributed by atoms with Gasteiger partial charge in [0.05, 0.1) is 18.7 Å². The predicted octanol–water partition coefficient (Wildman–Crippen LogP) is 0.932. The Bertz CT molecular complexity index is 747. The highest BCUT2D eigenvalue weighted by atomic mass is 32.2. The van der Waals surface area contributed by atoms with Crippen LogP contribution in [0.15, 0.2) is 42.9 Å². The van der Waals surface area contributed by atoms with E-state index in [1.165, 1.54) is 12.5 Å². The van der Waals surface area contributed by atoms with Crippen molar-refractivity contribution in [2.45, 2.75) is 25.5 Å². The summed E-state index contributed by atoms with van der Waals surface area (Å²) < 4.78 is 31.7. The first-order valence-corrected chi connectivity index (χ1v) is 9.43. The van der Waals surface area contributed by atoms with Gasteiger partial charge in [-0.05, 0) is 12.0 Å². The molecule has 0 radical (unpaired) electrons. The van der Waals surface area contributed by atoms with E-state index >= 15 is 0 Å². The fourth-order valence-electron chi connectivity index (χ4n) is 2.19. The Kier molecular flexibility index (Phi) is 7.11. The summed E-state index contributed by atoms with van der Waals surface area (Å²) in [6.45, 7) is 0.681. The van der Waals surface area contributed by atoms with Crippen LogP contribution >= 0.6 is 0 Å². The van der Waals surface area contributed by atoms with E-state index in [4.69, 9.17) is 4.74 Å². The van der Waals surface area contributed by atoms with Crippen molar-refractivity contribution < 1.29 is 23.1 Å². The average Bonchev–Trinajstić information content (AvgIpc) is 3.07. The normalized spacial score (nSPS) is 12.8. The SMILES string of the molecule is O=C(O)[C@H](Cc1cnc[nH]1)NS(=O)(=O)CCCOCc1ccccc1. The van der Waals surface area contributed by atoms with Crippen molar-refractivity contribution in [3.8, 4) is 0 Å². The van der Waals surface area contributed by atoms with Crippen LogP contribution in [0.2, 0.25) is 0 Å². The van der Waals surface area contributed by atoms with Gasteiger partial charge in [0.2, 0.25) is 10.0 Å². The zero-order valence-corrected chi connectivity index (χ0v) is 14.4. The molecule has 1 aromatic heterocycles. The topological polar surface area (TPSA) is 121 Å². The van der Waals surface area contributed by atoms with Crippen molar-refractivity contribution in [1.29, 1.82) is 0 Å². The molecule has 1 aromatic carbocycles. The van der Waals surface area contributed by atoms with Gasteiger partial charge in [0, 0.05) is 24.9 Å². The molecule has 0 saturated heterocycles. The number of sulfonamides is 1. The third-order valence-corrected chi connectivity index (χ3v) is 4.88. The number of rotatable bonds is 11. The third-order valence-electron chi connectivity index (χ3n) is 3.41. The maximum Gasteiger partial charge on any atom is 0.322 e. The van der Waals surface area contributed by atoms with Crippen LogP contribution in [0, 0.1) is 0 Å². The molecule has 0 bridgehead atoms. The number of ether oxygens (including phenoxy) is 1. The van der Waals surface area contributed by atoms with E-state index in [9.17, 15) is 18.3 Å². The molecule has 8 nitrogen and oxygen atoms in total. The molecule has 0 aliphatic heterocycles. The van der Waals surface area contributed by atoms with Crippen LogP contribution in [-0.2, 0) is 32.6 Å². The van der Waals surface area contributed by atoms with Gasteiger partial charge >= 0.3 is 5.97 Å². The lowest BCUT2D eigenvalue weighted by Gasteiger charge is -2.14. The van der Waals surface area contributed by atoms with Crippen LogP contribution in [-0.4, -0.2) is 47.9 Å². The monoisotopic (exact) mass is 367 g/mol. The number of nitrogens with zero attached hydrogens (tertiary/aromatic N) is 1. The van der Waals surface area contributed by atoms with E-state index in [-0.39, 0.29) is 25.2 Å². The Morgan fingerprint density at radius 3 is 2.72 bits per heavy atom. The quantitative estimate of drug-likeness (QED) is 0.508. The van der Waals surface area contributed by atoms with Crippen molar-refractivity contribution >= 4 is 16.0 Å². The average molecular weight is 367 g/mol. The molecule has 136 valence electrons. The van der Waals surface area contributed by atoms with Crippen molar-refractivity contribution in [3.05, 3.63) is 54.1 Å². The molecule has 1 atom stereocenters. The highest BCUT2D eigenvalue weighted by Crippen LogP contribution is 2.04. The van der Waals surface area contributed by atoms with E-state index in [0.717, 1.165) is 5.56 Å². The molecule has 0 saturated carbocycles. The summed E-state index contributed by atoms with van der Waals surface area (Å²) in [5.41, 5.74) is 1.55. The van der Waals surface area contributed by atoms with Gasteiger partial charge in [0.15, 0.2) is 0 Å². The first-order chi connectivity index (χ1) is 12.0. The zero-order chi connectivity index (χ0) is 18.1. The van der Waals surface area contributed by atoms with Gasteiger partial charge in [-0.2, -0.15) is 0 Å². The van der Waals surface area contributed by atoms with E-state index in [0.29, 0.717) is 12.3 Å². The molecule has 9 heteroatoms. The Labute approximate surface area is 146 Å². The number of aliphatic carboxylic acids is 1. The lowest BCUT2D eigenvalue weighted by molar-refractivity contribution is -0.138. The number of nitrogens with one attached hydrogen (secondary N) is 2. The molecule has 0 amide bonds. The maximum atomic E-state index is 12.1. The van der Waals surface area contributed by atoms with Gasteiger partial charge in [0.25, 0.3) is 0 Å². The number of carbonyl (C=O) groups is 1. The molecular formula is C16H21N3O5S. The molecule has 2 rings (SSSR count). The summed E-state index contributed by atoms with van der Waals surface area (Å²) in [5.74, 6) is -1.44. The number of benzene rings is 1. The van der Waals surface area contributed by atoms with E-state index < -0.39 is 22.0 Å². The highest BCUT2D eigenvalue weighted by molar-refractivity contribution is 7.89. The van der Waals surface area contributed by atoms with Gasteiger partial charge in [0.1, 0.15) is 6.04 Å². The summed E-state index contributed by atoms with van der Waals surface area (Å²) in [5, 5.41) is 9.19. The second kappa shape index (κ2) is 9.30. The second-order valence-electron chi connectivity index (χ2n) is 5.50. The molecule has 0 aliphatic carbocycles. The number of aromatic nitrogens is 2. The van der Waals surface area contributed by atoms with Crippen molar-refractivity contribution in [1.82, 2.24) is 14.7 Å². The van der Waals surface area contributed by atoms with Crippen molar-refractivity contribution in [2.24, 2.45) is 0 Å². The summed E-state index contributed by atoms with van der Waals surface area (Å²) in [6, 6.07) is 8.31. The summed E-state index contributed by atoms with van der Waals surface area (Å²) in [4.78, 5) is 17.8. The molecule has 0 fully saturated rings. The lowest BCUT2D eigenvalue weighted by atomic mass is 10.2. The first-order valence-electron chi connectivity index (χ1n) is 7.78. The minimum absolute atomic E-state index is 0.000922. The fourth-order valence-corrected chi connectivity index (χ4v) is 3.42. The highest BCUT2D eigenvalue weighted by Gasteiger charge is 2.24. The molecule has 1 heterocycles. The minimum Gasteiger partial charge on any atom is -0.480 e. The molecule has 0 spiro atoms. The number of carboxylic acids is 1. The van der Waals surface area contributed by atoms with E-state index in [1.54, 1.807) is 0 Å². The van der Waals surface area contributed by atoms with Gasteiger partial charge < -0.3 is 14.8 Å². The summed E-state index contributed by atoms with van der Waals surface area (Å²) in [6.07, 6.45) is 3.14. The minimum atomic E-state index is -3.72. The Morgan fingerprint density at radius 1 is 1.32 bits per heavy atom. The van der Waals surface area contributed by atoms with Crippen LogP contribution in [0.5, 0.6) is 0 Å².